The first-order chi connectivity index (χ1) is 9.31. The van der Waals surface area contributed by atoms with Gasteiger partial charge in [-0.1, -0.05) is 6.07 Å². The molecule has 2 aromatic heterocycles. The van der Waals surface area contributed by atoms with Gasteiger partial charge in [0.1, 0.15) is 24.3 Å². The smallest absolute Gasteiger partial charge is 0.236 e. The van der Waals surface area contributed by atoms with Gasteiger partial charge in [0, 0.05) is 3.57 Å². The van der Waals surface area contributed by atoms with Crippen LogP contribution >= 0.6 is 33.9 Å². The van der Waals surface area contributed by atoms with E-state index in [-0.39, 0.29) is 0 Å². The van der Waals surface area contributed by atoms with Crippen molar-refractivity contribution in [1.82, 2.24) is 4.98 Å². The summed E-state index contributed by atoms with van der Waals surface area (Å²) in [7, 11) is 0. The van der Waals surface area contributed by atoms with Crippen molar-refractivity contribution < 1.29 is 9.15 Å². The minimum absolute atomic E-state index is 0.412. The third-order valence-corrected chi connectivity index (χ3v) is 4.06. The number of thiophene rings is 1. The van der Waals surface area contributed by atoms with E-state index in [9.17, 15) is 0 Å². The van der Waals surface area contributed by atoms with Crippen LogP contribution < -0.4 is 4.74 Å². The fraction of sp³-hybridized carbons (Fsp3) is 0.0714. The van der Waals surface area contributed by atoms with E-state index in [2.05, 4.69) is 27.6 Å². The Kier molecular flexibility index (Phi) is 3.84. The molecule has 0 aliphatic heterocycles. The molecule has 19 heavy (non-hydrogen) atoms. The van der Waals surface area contributed by atoms with Gasteiger partial charge in [-0.2, -0.15) is 0 Å². The van der Waals surface area contributed by atoms with Crippen LogP contribution in [0.4, 0.5) is 0 Å². The number of hydrogen-bond acceptors (Lipinski definition) is 4. The highest BCUT2D eigenvalue weighted by Crippen LogP contribution is 2.24. The second kappa shape index (κ2) is 5.75. The molecule has 3 aromatic rings. The fourth-order valence-corrected chi connectivity index (χ4v) is 2.59. The van der Waals surface area contributed by atoms with Gasteiger partial charge in [-0.15, -0.1) is 11.3 Å². The Morgan fingerprint density at radius 2 is 2.05 bits per heavy atom. The molecule has 1 aromatic carbocycles. The Morgan fingerprint density at radius 1 is 1.21 bits per heavy atom. The van der Waals surface area contributed by atoms with Crippen molar-refractivity contribution in [2.24, 2.45) is 0 Å². The molecule has 0 aliphatic carbocycles. The van der Waals surface area contributed by atoms with Crippen LogP contribution in [0.2, 0.25) is 0 Å². The highest BCUT2D eigenvalue weighted by atomic mass is 127. The number of ether oxygens (including phenoxy) is 1. The maximum absolute atomic E-state index is 5.66. The molecule has 5 heteroatoms. The molecule has 0 N–H and O–H groups in total. The maximum Gasteiger partial charge on any atom is 0.236 e. The van der Waals surface area contributed by atoms with Crippen molar-refractivity contribution in [2.75, 3.05) is 0 Å². The predicted octanol–water partition coefficient (Wildman–Crippen LogP) is 4.59. The van der Waals surface area contributed by atoms with Crippen molar-refractivity contribution in [2.45, 2.75) is 6.61 Å². The van der Waals surface area contributed by atoms with Gasteiger partial charge in [-0.05, 0) is 58.3 Å². The molecule has 0 radical (unpaired) electrons. The van der Waals surface area contributed by atoms with Crippen LogP contribution in [0.15, 0.2) is 52.5 Å². The summed E-state index contributed by atoms with van der Waals surface area (Å²) in [6.45, 7) is 0.412. The normalized spacial score (nSPS) is 10.6. The van der Waals surface area contributed by atoms with E-state index < -0.39 is 0 Å². The molecular formula is C14H10INO2S. The van der Waals surface area contributed by atoms with Crippen LogP contribution in [-0.4, -0.2) is 4.98 Å². The summed E-state index contributed by atoms with van der Waals surface area (Å²) in [5.74, 6) is 1.48. The maximum atomic E-state index is 5.66. The van der Waals surface area contributed by atoms with Crippen LogP contribution in [0, 0.1) is 3.57 Å². The molecule has 0 bridgehead atoms. The van der Waals surface area contributed by atoms with Gasteiger partial charge >= 0.3 is 0 Å². The third kappa shape index (κ3) is 3.16. The van der Waals surface area contributed by atoms with Gasteiger partial charge in [0.2, 0.25) is 5.89 Å². The van der Waals surface area contributed by atoms with Gasteiger partial charge in [-0.3, -0.25) is 0 Å². The molecule has 0 amide bonds. The standard InChI is InChI=1S/C14H10INO2S/c15-10-3-5-12(6-4-10)17-8-11-9-18-14(16-11)13-2-1-7-19-13/h1-7,9H,8H2. The Morgan fingerprint density at radius 3 is 2.79 bits per heavy atom. The van der Waals surface area contributed by atoms with Crippen molar-refractivity contribution in [3.8, 4) is 16.5 Å². The first-order valence-corrected chi connectivity index (χ1v) is 7.64. The molecule has 0 atom stereocenters. The Balaban J connectivity index is 1.66. The number of rotatable bonds is 4. The van der Waals surface area contributed by atoms with E-state index in [1.807, 2.05) is 41.8 Å². The lowest BCUT2D eigenvalue weighted by Crippen LogP contribution is -1.95. The molecule has 0 fully saturated rings. The largest absolute Gasteiger partial charge is 0.487 e. The number of halogens is 1. The minimum atomic E-state index is 0.412. The zero-order chi connectivity index (χ0) is 13.1. The Hall–Kier alpha value is -1.34. The fourth-order valence-electron chi connectivity index (χ4n) is 1.57. The van der Waals surface area contributed by atoms with Crippen molar-refractivity contribution in [1.29, 1.82) is 0 Å². The van der Waals surface area contributed by atoms with Gasteiger partial charge in [0.15, 0.2) is 0 Å². The Bertz CT molecular complexity index is 646. The number of hydrogen-bond donors (Lipinski definition) is 0. The summed E-state index contributed by atoms with van der Waals surface area (Å²) >= 11 is 3.87. The van der Waals surface area contributed by atoms with Gasteiger partial charge in [0.05, 0.1) is 4.88 Å². The lowest BCUT2D eigenvalue weighted by molar-refractivity contribution is 0.301. The van der Waals surface area contributed by atoms with Crippen LogP contribution in [0.3, 0.4) is 0 Å². The summed E-state index contributed by atoms with van der Waals surface area (Å²) in [6, 6.07) is 11.9. The van der Waals surface area contributed by atoms with E-state index in [1.54, 1.807) is 17.6 Å². The summed E-state index contributed by atoms with van der Waals surface area (Å²) < 4.78 is 12.3. The van der Waals surface area contributed by atoms with Crippen LogP contribution in [0.5, 0.6) is 5.75 Å². The van der Waals surface area contributed by atoms with Crippen LogP contribution in [0.25, 0.3) is 10.8 Å². The van der Waals surface area contributed by atoms with Crippen molar-refractivity contribution in [3.63, 3.8) is 0 Å². The molecule has 3 rings (SSSR count). The molecule has 0 spiro atoms. The third-order valence-electron chi connectivity index (χ3n) is 2.48. The summed E-state index contributed by atoms with van der Waals surface area (Å²) in [5, 5.41) is 2.00. The van der Waals surface area contributed by atoms with Gasteiger partial charge < -0.3 is 9.15 Å². The second-order valence-electron chi connectivity index (χ2n) is 3.86. The van der Waals surface area contributed by atoms with Crippen molar-refractivity contribution >= 4 is 33.9 Å². The SMILES string of the molecule is Ic1ccc(OCc2coc(-c3cccs3)n2)cc1. The van der Waals surface area contributed by atoms with E-state index in [0.717, 1.165) is 16.3 Å². The molecule has 96 valence electrons. The first kappa shape index (κ1) is 12.7. The number of nitrogens with zero attached hydrogens (tertiary/aromatic N) is 1. The molecule has 0 unspecified atom stereocenters. The summed E-state index contributed by atoms with van der Waals surface area (Å²) in [5.41, 5.74) is 0.793. The quantitative estimate of drug-likeness (QED) is 0.619. The molecule has 2 heterocycles. The lowest BCUT2D eigenvalue weighted by Gasteiger charge is -2.03. The van der Waals surface area contributed by atoms with E-state index in [4.69, 9.17) is 9.15 Å². The number of aromatic nitrogens is 1. The van der Waals surface area contributed by atoms with Crippen LogP contribution in [0.1, 0.15) is 5.69 Å². The summed E-state index contributed by atoms with van der Waals surface area (Å²) in [6.07, 6.45) is 1.64. The highest BCUT2D eigenvalue weighted by molar-refractivity contribution is 14.1. The average Bonchev–Trinajstić information content (AvgIpc) is 3.09. The first-order valence-electron chi connectivity index (χ1n) is 5.68. The monoisotopic (exact) mass is 383 g/mol. The highest BCUT2D eigenvalue weighted by Gasteiger charge is 2.07. The second-order valence-corrected chi connectivity index (χ2v) is 6.06. The minimum Gasteiger partial charge on any atom is -0.487 e. The van der Waals surface area contributed by atoms with E-state index in [0.29, 0.717) is 12.5 Å². The summed E-state index contributed by atoms with van der Waals surface area (Å²) in [4.78, 5) is 5.43. The van der Waals surface area contributed by atoms with Crippen molar-refractivity contribution in [3.05, 3.63) is 57.3 Å². The van der Waals surface area contributed by atoms with Gasteiger partial charge in [-0.25, -0.2) is 4.98 Å². The molecule has 0 aliphatic rings. The average molecular weight is 383 g/mol. The van der Waals surface area contributed by atoms with E-state index >= 15 is 0 Å². The predicted molar refractivity (Wildman–Crippen MR) is 83.3 cm³/mol. The van der Waals surface area contributed by atoms with Crippen LogP contribution in [-0.2, 0) is 6.61 Å². The van der Waals surface area contributed by atoms with E-state index in [1.165, 1.54) is 3.57 Å². The molecule has 0 saturated carbocycles. The lowest BCUT2D eigenvalue weighted by atomic mass is 10.3. The molecule has 3 nitrogen and oxygen atoms in total. The topological polar surface area (TPSA) is 35.3 Å². The zero-order valence-corrected chi connectivity index (χ0v) is 12.8. The Labute approximate surface area is 128 Å². The number of benzene rings is 1. The van der Waals surface area contributed by atoms with Gasteiger partial charge in [0.25, 0.3) is 0 Å². The molecule has 0 saturated heterocycles. The molecular weight excluding hydrogens is 373 g/mol. The zero-order valence-electron chi connectivity index (χ0n) is 9.88. The number of oxazole rings is 1.